The summed E-state index contributed by atoms with van der Waals surface area (Å²) >= 11 is 1.43. The fourth-order valence-corrected chi connectivity index (χ4v) is 6.65. The van der Waals surface area contributed by atoms with Crippen molar-refractivity contribution in [3.8, 4) is 16.3 Å². The summed E-state index contributed by atoms with van der Waals surface area (Å²) in [4.78, 5) is 31.0. The van der Waals surface area contributed by atoms with Crippen molar-refractivity contribution in [2.75, 3.05) is 0 Å². The monoisotopic (exact) mass is 550 g/mol. The number of thiophene rings is 1. The fourth-order valence-electron chi connectivity index (χ4n) is 5.75. The number of hydrogen-bond acceptors (Lipinski definition) is 8. The summed E-state index contributed by atoms with van der Waals surface area (Å²) in [5.74, 6) is 1.56. The molecule has 2 aliphatic carbocycles. The van der Waals surface area contributed by atoms with Crippen LogP contribution in [0.3, 0.4) is 0 Å². The van der Waals surface area contributed by atoms with Gasteiger partial charge in [-0.25, -0.2) is 4.98 Å². The average molecular weight is 551 g/mol. The smallest absolute Gasteiger partial charge is 0.169 e. The minimum atomic E-state index is -0.327. The summed E-state index contributed by atoms with van der Waals surface area (Å²) in [6.45, 7) is 3.74. The minimum absolute atomic E-state index is 0.0474. The predicted octanol–water partition coefficient (Wildman–Crippen LogP) is 6.48. The van der Waals surface area contributed by atoms with Gasteiger partial charge in [0.15, 0.2) is 11.6 Å². The third kappa shape index (κ3) is 4.44. The second-order valence-electron chi connectivity index (χ2n) is 11.0. The number of hydrogen-bond donors (Lipinski definition) is 2. The molecular weight excluding hydrogens is 520 g/mol. The molecule has 202 valence electrons. The van der Waals surface area contributed by atoms with E-state index in [1.54, 1.807) is 13.1 Å². The molecule has 40 heavy (non-hydrogen) atoms. The van der Waals surface area contributed by atoms with Crippen LogP contribution in [0.4, 0.5) is 0 Å². The first-order valence-electron chi connectivity index (χ1n) is 13.8. The summed E-state index contributed by atoms with van der Waals surface area (Å²) < 4.78 is 6.29. The summed E-state index contributed by atoms with van der Waals surface area (Å²) in [6.07, 6.45) is 16.9. The number of allylic oxidation sites excluding steroid dienone is 2. The van der Waals surface area contributed by atoms with Gasteiger partial charge in [-0.05, 0) is 81.9 Å². The van der Waals surface area contributed by atoms with Crippen molar-refractivity contribution in [1.29, 1.82) is 0 Å². The third-order valence-electron chi connectivity index (χ3n) is 8.01. The minimum Gasteiger partial charge on any atom is -0.489 e. The van der Waals surface area contributed by atoms with Crippen LogP contribution >= 0.6 is 11.3 Å². The van der Waals surface area contributed by atoms with Crippen LogP contribution in [-0.2, 0) is 0 Å². The molecule has 0 spiro atoms. The van der Waals surface area contributed by atoms with Crippen LogP contribution in [0.25, 0.3) is 27.2 Å². The first kappa shape index (κ1) is 24.9. The molecule has 4 aromatic heterocycles. The van der Waals surface area contributed by atoms with Crippen LogP contribution in [0.2, 0.25) is 0 Å². The van der Waals surface area contributed by atoms with Crippen LogP contribution in [0, 0.1) is 0 Å². The normalized spacial score (nSPS) is 20.9. The number of nitrogens with zero attached hydrogens (tertiary/aromatic N) is 4. The number of fused-ring (bicyclic) bond motifs is 2. The van der Waals surface area contributed by atoms with E-state index in [4.69, 9.17) is 14.8 Å². The molecule has 1 unspecified atom stereocenters. The number of carbonyl (C=O) groups is 1. The van der Waals surface area contributed by atoms with E-state index < -0.39 is 0 Å². The van der Waals surface area contributed by atoms with E-state index in [2.05, 4.69) is 45.5 Å². The number of imidazole rings is 1. The zero-order valence-corrected chi connectivity index (χ0v) is 23.3. The van der Waals surface area contributed by atoms with E-state index in [1.165, 1.54) is 30.6 Å². The number of pyridine rings is 2. The molecule has 1 fully saturated rings. The number of nitrogens with one attached hydrogen (secondary N) is 2. The van der Waals surface area contributed by atoms with Crippen molar-refractivity contribution in [2.24, 2.45) is 5.10 Å². The van der Waals surface area contributed by atoms with Gasteiger partial charge in [0.25, 0.3) is 0 Å². The van der Waals surface area contributed by atoms with Crippen LogP contribution in [-0.4, -0.2) is 43.1 Å². The van der Waals surface area contributed by atoms with Gasteiger partial charge >= 0.3 is 0 Å². The summed E-state index contributed by atoms with van der Waals surface area (Å²) in [6, 6.07) is 7.80. The Kier molecular flexibility index (Phi) is 6.11. The molecule has 4 aromatic rings. The van der Waals surface area contributed by atoms with Crippen LogP contribution in [0.1, 0.15) is 73.4 Å². The highest BCUT2D eigenvalue weighted by Crippen LogP contribution is 2.39. The molecule has 0 saturated heterocycles. The summed E-state index contributed by atoms with van der Waals surface area (Å²) in [5.41, 5.74) is 9.40. The topological polar surface area (TPSA) is 105 Å². The molecule has 5 heterocycles. The molecule has 9 heteroatoms. The number of hydrazone groups is 1. The number of Topliss-reactive ketones (excluding diaryl/α,β-unsaturated/α-hetero) is 1. The van der Waals surface area contributed by atoms with Gasteiger partial charge in [-0.1, -0.05) is 12.5 Å². The highest BCUT2D eigenvalue weighted by molar-refractivity contribution is 7.17. The van der Waals surface area contributed by atoms with Crippen LogP contribution in [0.15, 0.2) is 65.7 Å². The maximum atomic E-state index is 11.9. The van der Waals surface area contributed by atoms with E-state index >= 15 is 0 Å². The number of ether oxygens (including phenoxy) is 1. The summed E-state index contributed by atoms with van der Waals surface area (Å²) in [5, 5.41) is 4.74. The Hall–Kier alpha value is -4.11. The highest BCUT2D eigenvalue weighted by atomic mass is 32.1. The van der Waals surface area contributed by atoms with E-state index in [0.29, 0.717) is 10.7 Å². The Morgan fingerprint density at radius 2 is 2.02 bits per heavy atom. The van der Waals surface area contributed by atoms with E-state index in [1.807, 2.05) is 30.6 Å². The molecule has 0 amide bonds. The Balaban J connectivity index is 1.21. The van der Waals surface area contributed by atoms with Gasteiger partial charge in [0.05, 0.1) is 33.1 Å². The number of ketones is 1. The molecule has 1 saturated carbocycles. The lowest BCUT2D eigenvalue weighted by Gasteiger charge is -2.29. The maximum Gasteiger partial charge on any atom is 0.169 e. The van der Waals surface area contributed by atoms with E-state index in [-0.39, 0.29) is 17.4 Å². The van der Waals surface area contributed by atoms with Gasteiger partial charge in [0.2, 0.25) is 0 Å². The molecule has 1 aliphatic heterocycles. The molecule has 1 atom stereocenters. The van der Waals surface area contributed by atoms with Crippen molar-refractivity contribution in [2.45, 2.75) is 64.0 Å². The zero-order valence-electron chi connectivity index (χ0n) is 22.5. The van der Waals surface area contributed by atoms with Crippen molar-refractivity contribution in [3.63, 3.8) is 0 Å². The van der Waals surface area contributed by atoms with Crippen molar-refractivity contribution >= 4 is 39.4 Å². The van der Waals surface area contributed by atoms with Crippen molar-refractivity contribution in [3.05, 3.63) is 76.8 Å². The van der Waals surface area contributed by atoms with E-state index in [0.717, 1.165) is 69.0 Å². The fraction of sp³-hybridized carbons (Fsp3) is 0.323. The molecule has 2 N–H and O–H groups in total. The Bertz CT molecular complexity index is 1720. The third-order valence-corrected chi connectivity index (χ3v) is 9.20. The highest BCUT2D eigenvalue weighted by Gasteiger charge is 2.40. The maximum absolute atomic E-state index is 11.9. The lowest BCUT2D eigenvalue weighted by atomic mass is 9.80. The number of H-pyrrole nitrogens is 1. The molecule has 0 aromatic carbocycles. The molecule has 3 aliphatic rings. The first-order chi connectivity index (χ1) is 19.5. The SMILES string of the molecule is CC(=O)c1ccc(-c2nccc3[nH]c(C4=NNC5(C)CC=C(c6cncc(OC7CCCCC7)c6)C=C45)nc23)s1. The zero-order chi connectivity index (χ0) is 27.3. The first-order valence-corrected chi connectivity index (χ1v) is 14.6. The van der Waals surface area contributed by atoms with Gasteiger partial charge in [0.1, 0.15) is 22.7 Å². The van der Waals surface area contributed by atoms with E-state index in [9.17, 15) is 4.79 Å². The predicted molar refractivity (Wildman–Crippen MR) is 158 cm³/mol. The Morgan fingerprint density at radius 3 is 2.85 bits per heavy atom. The van der Waals surface area contributed by atoms with Crippen LogP contribution < -0.4 is 10.2 Å². The number of aromatic amines is 1. The summed E-state index contributed by atoms with van der Waals surface area (Å²) in [7, 11) is 0. The lowest BCUT2D eigenvalue weighted by molar-refractivity contribution is 0.102. The molecule has 7 rings (SSSR count). The van der Waals surface area contributed by atoms with Gasteiger partial charge in [-0.2, -0.15) is 5.10 Å². The van der Waals surface area contributed by atoms with Crippen molar-refractivity contribution < 1.29 is 9.53 Å². The average Bonchev–Trinajstić information content (AvgIpc) is 3.70. The standard InChI is InChI=1S/C31H30N6O2S/c1-18(38)25-8-9-26(40-25)29-28-24(11-13-33-29)34-30(35-28)27-23-15-19(10-12-31(23,2)37-36-27)20-14-22(17-32-16-20)39-21-6-4-3-5-7-21/h8-11,13-17,21,37H,3-7,12H2,1-2H3,(H,34,35). The van der Waals surface area contributed by atoms with Gasteiger partial charge in [0, 0.05) is 23.5 Å². The lowest BCUT2D eigenvalue weighted by Crippen LogP contribution is -2.38. The Labute approximate surface area is 236 Å². The molecule has 8 nitrogen and oxygen atoms in total. The number of aromatic nitrogens is 4. The molecule has 0 radical (unpaired) electrons. The second-order valence-corrected chi connectivity index (χ2v) is 12.1. The van der Waals surface area contributed by atoms with Crippen molar-refractivity contribution in [1.82, 2.24) is 25.4 Å². The Morgan fingerprint density at radius 1 is 1.15 bits per heavy atom. The quantitative estimate of drug-likeness (QED) is 0.266. The molecular formula is C31H30N6O2S. The number of carbonyl (C=O) groups excluding carboxylic acids is 1. The van der Waals surface area contributed by atoms with Gasteiger partial charge in [-0.3, -0.25) is 20.2 Å². The van der Waals surface area contributed by atoms with Gasteiger partial charge < -0.3 is 9.72 Å². The molecule has 0 bridgehead atoms. The van der Waals surface area contributed by atoms with Gasteiger partial charge in [-0.15, -0.1) is 11.3 Å². The number of rotatable bonds is 6. The second kappa shape index (κ2) is 9.82. The largest absolute Gasteiger partial charge is 0.489 e. The van der Waals surface area contributed by atoms with Crippen LogP contribution in [0.5, 0.6) is 5.75 Å².